The van der Waals surface area contributed by atoms with Crippen LogP contribution in [-0.4, -0.2) is 17.0 Å². The Bertz CT molecular complexity index is 1070. The quantitative estimate of drug-likeness (QED) is 0.656. The Labute approximate surface area is 169 Å². The van der Waals surface area contributed by atoms with E-state index in [2.05, 4.69) is 16.7 Å². The van der Waals surface area contributed by atoms with Gasteiger partial charge in [-0.3, -0.25) is 9.36 Å². The second-order valence-corrected chi connectivity index (χ2v) is 6.92. The van der Waals surface area contributed by atoms with Crippen LogP contribution < -0.4 is 10.6 Å². The summed E-state index contributed by atoms with van der Waals surface area (Å²) < 4.78 is 15.5. The molecule has 29 heavy (non-hydrogen) atoms. The second kappa shape index (κ2) is 8.72. The molecule has 3 aromatic rings. The summed E-state index contributed by atoms with van der Waals surface area (Å²) in [6, 6.07) is 18.0. The molecule has 0 spiro atoms. The molecule has 1 heterocycles. The zero-order valence-electron chi connectivity index (χ0n) is 16.7. The number of hydrogen-bond donors (Lipinski definition) is 2. The topological polar surface area (TPSA) is 69.8 Å². The van der Waals surface area contributed by atoms with Crippen molar-refractivity contribution < 1.29 is 9.18 Å². The van der Waals surface area contributed by atoms with Crippen molar-refractivity contribution >= 4 is 11.7 Å². The lowest BCUT2D eigenvalue weighted by Crippen LogP contribution is -2.31. The summed E-state index contributed by atoms with van der Waals surface area (Å²) >= 11 is 0. The first-order valence-electron chi connectivity index (χ1n) is 9.38. The summed E-state index contributed by atoms with van der Waals surface area (Å²) in [4.78, 5) is 12.6. The van der Waals surface area contributed by atoms with E-state index in [9.17, 15) is 14.4 Å². The predicted octanol–water partition coefficient (Wildman–Crippen LogP) is 4.39. The summed E-state index contributed by atoms with van der Waals surface area (Å²) in [5.74, 6) is -0.311. The van der Waals surface area contributed by atoms with Crippen molar-refractivity contribution in [2.24, 2.45) is 0 Å². The Hall–Kier alpha value is -3.43. The van der Waals surface area contributed by atoms with Gasteiger partial charge in [-0.1, -0.05) is 36.4 Å². The van der Waals surface area contributed by atoms with Crippen LogP contribution in [0.15, 0.2) is 54.6 Å². The molecule has 2 N–H and O–H groups in total. The first-order valence-corrected chi connectivity index (χ1v) is 9.38. The number of halogens is 1. The Balaban J connectivity index is 1.84. The zero-order chi connectivity index (χ0) is 21.0. The molecule has 2 aromatic carbocycles. The van der Waals surface area contributed by atoms with Gasteiger partial charge in [-0.2, -0.15) is 5.26 Å². The monoisotopic (exact) mass is 390 g/mol. The van der Waals surface area contributed by atoms with E-state index in [1.807, 2.05) is 51.1 Å². The number of hydrogen-bond acceptors (Lipinski definition) is 3. The Morgan fingerprint density at radius 3 is 2.55 bits per heavy atom. The maximum absolute atomic E-state index is 13.8. The molecular formula is C23H23FN4O. The van der Waals surface area contributed by atoms with Gasteiger partial charge in [0, 0.05) is 11.7 Å². The maximum Gasteiger partial charge on any atom is 0.239 e. The minimum atomic E-state index is -0.387. The van der Waals surface area contributed by atoms with E-state index in [1.165, 1.54) is 12.1 Å². The molecule has 0 aliphatic rings. The average Bonchev–Trinajstić information content (AvgIpc) is 2.96. The van der Waals surface area contributed by atoms with Crippen LogP contribution in [0, 0.1) is 31.0 Å². The van der Waals surface area contributed by atoms with Crippen molar-refractivity contribution in [3.8, 4) is 11.8 Å². The van der Waals surface area contributed by atoms with Crippen LogP contribution in [-0.2, 0) is 4.79 Å². The van der Waals surface area contributed by atoms with Gasteiger partial charge in [0.2, 0.25) is 5.91 Å². The van der Waals surface area contributed by atoms with Gasteiger partial charge < -0.3 is 10.6 Å². The fraction of sp³-hybridized carbons (Fsp3) is 0.217. The molecule has 0 bridgehead atoms. The van der Waals surface area contributed by atoms with Gasteiger partial charge in [-0.25, -0.2) is 4.39 Å². The second-order valence-electron chi connectivity index (χ2n) is 6.92. The van der Waals surface area contributed by atoms with E-state index >= 15 is 0 Å². The van der Waals surface area contributed by atoms with Gasteiger partial charge in [0.1, 0.15) is 17.7 Å². The average molecular weight is 390 g/mol. The van der Waals surface area contributed by atoms with Crippen LogP contribution in [0.2, 0.25) is 0 Å². The Kier molecular flexibility index (Phi) is 6.10. The molecule has 1 amide bonds. The molecule has 0 aliphatic carbocycles. The smallest absolute Gasteiger partial charge is 0.239 e. The number of anilines is 1. The molecule has 1 atom stereocenters. The van der Waals surface area contributed by atoms with E-state index in [1.54, 1.807) is 16.7 Å². The van der Waals surface area contributed by atoms with Crippen LogP contribution in [0.5, 0.6) is 0 Å². The summed E-state index contributed by atoms with van der Waals surface area (Å²) in [6.45, 7) is 5.71. The minimum absolute atomic E-state index is 0.00383. The highest BCUT2D eigenvalue weighted by Gasteiger charge is 2.21. The molecule has 0 radical (unpaired) electrons. The third-order valence-electron chi connectivity index (χ3n) is 5.02. The molecule has 0 unspecified atom stereocenters. The Morgan fingerprint density at radius 2 is 1.90 bits per heavy atom. The van der Waals surface area contributed by atoms with Crippen LogP contribution in [0.1, 0.15) is 35.3 Å². The lowest BCUT2D eigenvalue weighted by molar-refractivity contribution is -0.115. The molecule has 0 fully saturated rings. The van der Waals surface area contributed by atoms with Gasteiger partial charge in [-0.15, -0.1) is 0 Å². The van der Waals surface area contributed by atoms with Crippen molar-refractivity contribution in [2.45, 2.75) is 26.8 Å². The molecule has 0 aliphatic heterocycles. The van der Waals surface area contributed by atoms with E-state index in [0.717, 1.165) is 16.8 Å². The van der Waals surface area contributed by atoms with Gasteiger partial charge >= 0.3 is 0 Å². The zero-order valence-corrected chi connectivity index (χ0v) is 16.7. The maximum atomic E-state index is 13.8. The summed E-state index contributed by atoms with van der Waals surface area (Å²) in [6.07, 6.45) is 0. The summed E-state index contributed by atoms with van der Waals surface area (Å²) in [5.41, 5.74) is 3.52. The molecule has 0 saturated carbocycles. The predicted molar refractivity (Wildman–Crippen MR) is 111 cm³/mol. The SMILES string of the molecule is Cc1c(C#N)c(NC(=O)CN[C@@H](C)c2ccccc2)n(-c2cccc(F)c2)c1C. The van der Waals surface area contributed by atoms with Crippen molar-refractivity contribution in [3.63, 3.8) is 0 Å². The van der Waals surface area contributed by atoms with Crippen molar-refractivity contribution in [2.75, 3.05) is 11.9 Å². The van der Waals surface area contributed by atoms with Gasteiger partial charge in [-0.05, 0) is 50.1 Å². The molecule has 3 rings (SSSR count). The molecule has 0 saturated heterocycles. The Morgan fingerprint density at radius 1 is 1.17 bits per heavy atom. The highest BCUT2D eigenvalue weighted by molar-refractivity contribution is 5.93. The largest absolute Gasteiger partial charge is 0.310 e. The molecule has 148 valence electrons. The molecule has 1 aromatic heterocycles. The van der Waals surface area contributed by atoms with Crippen LogP contribution in [0.25, 0.3) is 5.69 Å². The normalized spacial score (nSPS) is 11.7. The van der Waals surface area contributed by atoms with E-state index in [-0.39, 0.29) is 24.3 Å². The number of aromatic nitrogens is 1. The minimum Gasteiger partial charge on any atom is -0.310 e. The fourth-order valence-electron chi connectivity index (χ4n) is 3.28. The number of nitrogens with zero attached hydrogens (tertiary/aromatic N) is 2. The number of carbonyl (C=O) groups excluding carboxylic acids is 1. The molecular weight excluding hydrogens is 367 g/mol. The lowest BCUT2D eigenvalue weighted by atomic mass is 10.1. The number of carbonyl (C=O) groups is 1. The standard InChI is InChI=1S/C23H23FN4O/c1-15-17(3)28(20-11-7-10-19(24)12-20)23(21(15)13-25)27-22(29)14-26-16(2)18-8-5-4-6-9-18/h4-12,16,26H,14H2,1-3H3,(H,27,29)/t16-/m0/s1. The first kappa shape index (κ1) is 20.3. The lowest BCUT2D eigenvalue weighted by Gasteiger charge is -2.16. The van der Waals surface area contributed by atoms with Gasteiger partial charge in [0.05, 0.1) is 17.8 Å². The highest BCUT2D eigenvalue weighted by Crippen LogP contribution is 2.30. The summed E-state index contributed by atoms with van der Waals surface area (Å²) in [7, 11) is 0. The molecule has 6 heteroatoms. The third kappa shape index (κ3) is 4.36. The number of nitrogens with one attached hydrogen (secondary N) is 2. The van der Waals surface area contributed by atoms with E-state index in [0.29, 0.717) is 17.1 Å². The van der Waals surface area contributed by atoms with Crippen molar-refractivity contribution in [1.82, 2.24) is 9.88 Å². The van der Waals surface area contributed by atoms with Crippen LogP contribution in [0.4, 0.5) is 10.2 Å². The van der Waals surface area contributed by atoms with Gasteiger partial charge in [0.15, 0.2) is 0 Å². The number of benzene rings is 2. The van der Waals surface area contributed by atoms with E-state index in [4.69, 9.17) is 0 Å². The number of rotatable bonds is 6. The fourth-order valence-corrected chi connectivity index (χ4v) is 3.28. The third-order valence-corrected chi connectivity index (χ3v) is 5.02. The van der Waals surface area contributed by atoms with Crippen LogP contribution >= 0.6 is 0 Å². The number of nitriles is 1. The van der Waals surface area contributed by atoms with Gasteiger partial charge in [0.25, 0.3) is 0 Å². The highest BCUT2D eigenvalue weighted by atomic mass is 19.1. The first-order chi connectivity index (χ1) is 13.9. The van der Waals surface area contributed by atoms with Crippen LogP contribution in [0.3, 0.4) is 0 Å². The molecule has 5 nitrogen and oxygen atoms in total. The van der Waals surface area contributed by atoms with Crippen molar-refractivity contribution in [1.29, 1.82) is 5.26 Å². The van der Waals surface area contributed by atoms with Crippen molar-refractivity contribution in [3.05, 3.63) is 82.8 Å². The summed E-state index contributed by atoms with van der Waals surface area (Å²) in [5, 5.41) is 15.6. The number of amides is 1. The van der Waals surface area contributed by atoms with E-state index < -0.39 is 0 Å².